The lowest BCUT2D eigenvalue weighted by atomic mass is 10.0. The summed E-state index contributed by atoms with van der Waals surface area (Å²) in [5.74, 6) is 0.598. The molecule has 3 heteroatoms. The molecule has 0 atom stereocenters. The molecule has 19 heavy (non-hydrogen) atoms. The van der Waals surface area contributed by atoms with Crippen LogP contribution in [0.15, 0.2) is 36.8 Å². The Morgan fingerprint density at radius 2 is 1.89 bits per heavy atom. The van der Waals surface area contributed by atoms with E-state index in [0.717, 1.165) is 19.6 Å². The first kappa shape index (κ1) is 13.8. The number of benzene rings is 1. The summed E-state index contributed by atoms with van der Waals surface area (Å²) in [7, 11) is 0. The second-order valence-corrected chi connectivity index (χ2v) is 5.17. The molecule has 0 spiro atoms. The monoisotopic (exact) mass is 257 g/mol. The maximum absolute atomic E-state index is 4.17. The molecule has 1 N–H and O–H groups in total. The summed E-state index contributed by atoms with van der Waals surface area (Å²) in [6, 6.07) is 8.86. The van der Waals surface area contributed by atoms with Crippen LogP contribution in [0.1, 0.15) is 43.5 Å². The number of hydrogen-bond acceptors (Lipinski definition) is 2. The number of aromatic nitrogens is 2. The van der Waals surface area contributed by atoms with Gasteiger partial charge < -0.3 is 9.88 Å². The van der Waals surface area contributed by atoms with Gasteiger partial charge in [-0.3, -0.25) is 0 Å². The van der Waals surface area contributed by atoms with E-state index in [2.05, 4.69) is 59.9 Å². The average Bonchev–Trinajstić information content (AvgIpc) is 2.87. The Kier molecular flexibility index (Phi) is 4.74. The van der Waals surface area contributed by atoms with E-state index in [9.17, 15) is 0 Å². The molecule has 0 fully saturated rings. The van der Waals surface area contributed by atoms with Crippen molar-refractivity contribution in [2.45, 2.75) is 46.3 Å². The lowest BCUT2D eigenvalue weighted by molar-refractivity contribution is 0.628. The number of nitrogens with zero attached hydrogens (tertiary/aromatic N) is 2. The van der Waals surface area contributed by atoms with Crippen LogP contribution >= 0.6 is 0 Å². The Hall–Kier alpha value is -1.61. The van der Waals surface area contributed by atoms with E-state index in [1.165, 1.54) is 16.8 Å². The van der Waals surface area contributed by atoms with Crippen LogP contribution in [0.3, 0.4) is 0 Å². The molecule has 2 aromatic rings. The van der Waals surface area contributed by atoms with Gasteiger partial charge in [-0.05, 0) is 24.0 Å². The minimum Gasteiger partial charge on any atom is -0.334 e. The lowest BCUT2D eigenvalue weighted by Crippen LogP contribution is -2.15. The summed E-state index contributed by atoms with van der Waals surface area (Å²) >= 11 is 0. The number of rotatable bonds is 6. The quantitative estimate of drug-likeness (QED) is 0.860. The normalized spacial score (nSPS) is 11.2. The predicted octanol–water partition coefficient (Wildman–Crippen LogP) is 3.32. The van der Waals surface area contributed by atoms with Crippen molar-refractivity contribution in [1.29, 1.82) is 0 Å². The van der Waals surface area contributed by atoms with Crippen molar-refractivity contribution in [3.05, 3.63) is 53.6 Å². The van der Waals surface area contributed by atoms with E-state index in [1.807, 2.05) is 12.5 Å². The van der Waals surface area contributed by atoms with Crippen molar-refractivity contribution >= 4 is 0 Å². The minimum absolute atomic E-state index is 0.598. The van der Waals surface area contributed by atoms with Gasteiger partial charge in [-0.15, -0.1) is 0 Å². The van der Waals surface area contributed by atoms with Gasteiger partial charge in [0.05, 0.1) is 12.0 Å². The molecular weight excluding hydrogens is 234 g/mol. The highest BCUT2D eigenvalue weighted by Crippen LogP contribution is 2.14. The van der Waals surface area contributed by atoms with Gasteiger partial charge in [0.15, 0.2) is 0 Å². The van der Waals surface area contributed by atoms with E-state index in [-0.39, 0.29) is 0 Å². The Balaban J connectivity index is 1.85. The molecule has 2 rings (SSSR count). The van der Waals surface area contributed by atoms with Gasteiger partial charge >= 0.3 is 0 Å². The van der Waals surface area contributed by atoms with Crippen molar-refractivity contribution in [3.63, 3.8) is 0 Å². The van der Waals surface area contributed by atoms with Crippen molar-refractivity contribution in [2.24, 2.45) is 0 Å². The number of aryl methyl sites for hydroxylation is 1. The zero-order chi connectivity index (χ0) is 13.7. The Labute approximate surface area is 115 Å². The number of nitrogens with one attached hydrogen (secondary N) is 1. The van der Waals surface area contributed by atoms with Crippen LogP contribution in [0.25, 0.3) is 0 Å². The third-order valence-corrected chi connectivity index (χ3v) is 3.42. The summed E-state index contributed by atoms with van der Waals surface area (Å²) < 4.78 is 2.16. The fourth-order valence-electron chi connectivity index (χ4n) is 2.14. The van der Waals surface area contributed by atoms with Gasteiger partial charge in [-0.25, -0.2) is 4.98 Å². The summed E-state index contributed by atoms with van der Waals surface area (Å²) in [5, 5.41) is 3.47. The first-order valence-corrected chi connectivity index (χ1v) is 6.99. The molecular formula is C16H23N3. The van der Waals surface area contributed by atoms with Gasteiger partial charge in [-0.1, -0.05) is 38.1 Å². The molecule has 0 unspecified atom stereocenters. The van der Waals surface area contributed by atoms with Crippen molar-refractivity contribution in [1.82, 2.24) is 14.9 Å². The number of hydrogen-bond donors (Lipinski definition) is 1. The molecule has 0 amide bonds. The van der Waals surface area contributed by atoms with E-state index in [1.54, 1.807) is 0 Å². The minimum atomic E-state index is 0.598. The first-order chi connectivity index (χ1) is 9.20. The zero-order valence-corrected chi connectivity index (χ0v) is 12.1. The smallest absolute Gasteiger partial charge is 0.0948 e. The molecule has 1 heterocycles. The van der Waals surface area contributed by atoms with E-state index >= 15 is 0 Å². The maximum Gasteiger partial charge on any atom is 0.0948 e. The van der Waals surface area contributed by atoms with Gasteiger partial charge in [-0.2, -0.15) is 0 Å². The van der Waals surface area contributed by atoms with Crippen LogP contribution in [0.5, 0.6) is 0 Å². The molecule has 0 saturated heterocycles. The van der Waals surface area contributed by atoms with E-state index in [0.29, 0.717) is 5.92 Å². The summed E-state index contributed by atoms with van der Waals surface area (Å²) in [6.07, 6.45) is 3.81. The summed E-state index contributed by atoms with van der Waals surface area (Å²) in [5.41, 5.74) is 3.96. The van der Waals surface area contributed by atoms with Gasteiger partial charge in [0.1, 0.15) is 0 Å². The first-order valence-electron chi connectivity index (χ1n) is 6.99. The molecule has 3 nitrogen and oxygen atoms in total. The Morgan fingerprint density at radius 1 is 1.16 bits per heavy atom. The van der Waals surface area contributed by atoms with Crippen LogP contribution in [0, 0.1) is 0 Å². The largest absolute Gasteiger partial charge is 0.334 e. The van der Waals surface area contributed by atoms with Crippen molar-refractivity contribution in [3.8, 4) is 0 Å². The molecule has 0 bridgehead atoms. The third-order valence-electron chi connectivity index (χ3n) is 3.42. The van der Waals surface area contributed by atoms with Gasteiger partial charge in [0, 0.05) is 25.8 Å². The third kappa shape index (κ3) is 3.67. The molecule has 0 radical (unpaired) electrons. The van der Waals surface area contributed by atoms with E-state index in [4.69, 9.17) is 0 Å². The zero-order valence-electron chi connectivity index (χ0n) is 12.1. The van der Waals surface area contributed by atoms with E-state index < -0.39 is 0 Å². The molecule has 0 aliphatic heterocycles. The standard InChI is InChI=1S/C16H23N3/c1-4-19-12-18-11-16(19)10-17-9-14-5-7-15(8-6-14)13(2)3/h5-8,11-13,17H,4,9-10H2,1-3H3. The second kappa shape index (κ2) is 6.53. The highest BCUT2D eigenvalue weighted by molar-refractivity contribution is 5.24. The van der Waals surface area contributed by atoms with Crippen LogP contribution in [-0.2, 0) is 19.6 Å². The van der Waals surface area contributed by atoms with Crippen molar-refractivity contribution < 1.29 is 0 Å². The van der Waals surface area contributed by atoms with Gasteiger partial charge in [0.25, 0.3) is 0 Å². The molecule has 1 aromatic carbocycles. The molecule has 0 saturated carbocycles. The SMILES string of the molecule is CCn1cncc1CNCc1ccc(C(C)C)cc1. The highest BCUT2D eigenvalue weighted by atomic mass is 15.1. The fraction of sp³-hybridized carbons (Fsp3) is 0.438. The van der Waals surface area contributed by atoms with Gasteiger partial charge in [0.2, 0.25) is 0 Å². The molecule has 0 aliphatic rings. The van der Waals surface area contributed by atoms with Crippen LogP contribution < -0.4 is 5.32 Å². The predicted molar refractivity (Wildman–Crippen MR) is 79.0 cm³/mol. The Bertz CT molecular complexity index is 497. The van der Waals surface area contributed by atoms with Crippen LogP contribution in [0.4, 0.5) is 0 Å². The fourth-order valence-corrected chi connectivity index (χ4v) is 2.14. The maximum atomic E-state index is 4.17. The van der Waals surface area contributed by atoms with Crippen LogP contribution in [0.2, 0.25) is 0 Å². The Morgan fingerprint density at radius 3 is 2.53 bits per heavy atom. The summed E-state index contributed by atoms with van der Waals surface area (Å²) in [4.78, 5) is 4.17. The van der Waals surface area contributed by atoms with Crippen LogP contribution in [-0.4, -0.2) is 9.55 Å². The molecule has 1 aromatic heterocycles. The second-order valence-electron chi connectivity index (χ2n) is 5.17. The number of imidazole rings is 1. The highest BCUT2D eigenvalue weighted by Gasteiger charge is 2.01. The topological polar surface area (TPSA) is 29.9 Å². The van der Waals surface area contributed by atoms with Crippen molar-refractivity contribution in [2.75, 3.05) is 0 Å². The molecule has 102 valence electrons. The summed E-state index contributed by atoms with van der Waals surface area (Å²) in [6.45, 7) is 9.31. The molecule has 0 aliphatic carbocycles. The average molecular weight is 257 g/mol. The lowest BCUT2D eigenvalue weighted by Gasteiger charge is -2.09.